The largest absolute Gasteiger partial charge is 0.334 e. The van der Waals surface area contributed by atoms with Crippen molar-refractivity contribution >= 4 is 5.78 Å². The molecule has 0 heterocycles. The van der Waals surface area contributed by atoms with Gasteiger partial charge in [-0.15, -0.1) is 0 Å². The van der Waals surface area contributed by atoms with E-state index in [1.165, 1.54) is 6.42 Å². The summed E-state index contributed by atoms with van der Waals surface area (Å²) < 4.78 is 0. The summed E-state index contributed by atoms with van der Waals surface area (Å²) in [5, 5.41) is 0. The standard InChI is InChI=1S/C6H9O.Rf/c7-6-4-2-1-3-5-6;/h4H,1-3,5H2;/q-1;. The van der Waals surface area contributed by atoms with Crippen LogP contribution in [0.4, 0.5) is 0 Å². The van der Waals surface area contributed by atoms with Crippen LogP contribution >= 0.6 is 0 Å². The molecule has 1 nitrogen and oxygen atoms in total. The molecule has 0 unspecified atom stereocenters. The van der Waals surface area contributed by atoms with Crippen molar-refractivity contribution in [3.63, 3.8) is 0 Å². The van der Waals surface area contributed by atoms with E-state index >= 15 is 0 Å². The van der Waals surface area contributed by atoms with Crippen LogP contribution in [0.5, 0.6) is 0 Å². The molecule has 0 bridgehead atoms. The number of hydrogen-bond donors (Lipinski definition) is 0. The Labute approximate surface area is 43.7 Å². The van der Waals surface area contributed by atoms with E-state index in [2.05, 4.69) is 0 Å². The molecule has 0 spiro atoms. The van der Waals surface area contributed by atoms with Gasteiger partial charge in [-0.05, 0) is 12.2 Å². The zero-order valence-corrected chi connectivity index (χ0v) is 11.4. The smallest absolute Gasteiger partial charge is 0 e. The molecule has 0 radical (unpaired) electrons. The van der Waals surface area contributed by atoms with Crippen molar-refractivity contribution in [3.05, 3.63) is 6.42 Å². The van der Waals surface area contributed by atoms with E-state index in [9.17, 15) is 4.79 Å². The van der Waals surface area contributed by atoms with E-state index in [1.807, 2.05) is 0 Å². The fourth-order valence-electron chi connectivity index (χ4n) is 0.809. The van der Waals surface area contributed by atoms with Gasteiger partial charge in [0.1, 0.15) is 0 Å². The monoisotopic (exact) mass is 364 g/mol. The van der Waals surface area contributed by atoms with Gasteiger partial charge in [-0.25, -0.2) is 0 Å². The van der Waals surface area contributed by atoms with Gasteiger partial charge in [-0.3, -0.25) is 0 Å². The minimum atomic E-state index is 0. The Kier molecular flexibility index (Phi) is 2.18. The second-order valence-electron chi connectivity index (χ2n) is 1.92. The fraction of sp³-hybridized carbons (Fsp3) is 0.667. The van der Waals surface area contributed by atoms with Crippen molar-refractivity contribution in [3.8, 4) is 0 Å². The van der Waals surface area contributed by atoms with Crippen molar-refractivity contribution in [2.24, 2.45) is 0 Å². The molecule has 1 aliphatic rings. The van der Waals surface area contributed by atoms with E-state index in [1.54, 1.807) is 6.42 Å². The van der Waals surface area contributed by atoms with Crippen LogP contribution in [0.2, 0.25) is 0 Å². The van der Waals surface area contributed by atoms with Gasteiger partial charge in [0, 0.05) is 0 Å². The molecular weight excluding hydrogens is 355 g/mol. The van der Waals surface area contributed by atoms with Crippen molar-refractivity contribution in [2.45, 2.75) is 25.7 Å². The summed E-state index contributed by atoms with van der Waals surface area (Å²) in [6.07, 6.45) is 5.92. The van der Waals surface area contributed by atoms with Gasteiger partial charge in [0.05, 0.1) is 0 Å². The Morgan fingerprint density at radius 3 is 2.38 bits per heavy atom. The second-order valence-corrected chi connectivity index (χ2v) is 1.92. The number of carbonyl (C=O) groups is 1. The van der Waals surface area contributed by atoms with E-state index in [0.29, 0.717) is 5.78 Å². The van der Waals surface area contributed by atoms with Crippen molar-refractivity contribution in [2.75, 3.05) is 0 Å². The Morgan fingerprint density at radius 2 is 2.12 bits per heavy atom. The van der Waals surface area contributed by atoms with Gasteiger partial charge in [-0.2, -0.15) is 6.42 Å². The van der Waals surface area contributed by atoms with Crippen molar-refractivity contribution in [1.82, 2.24) is 0 Å². The topological polar surface area (TPSA) is 17.1 Å². The van der Waals surface area contributed by atoms with Crippen molar-refractivity contribution < 1.29 is 4.79 Å². The maximum atomic E-state index is 10.4. The Morgan fingerprint density at radius 1 is 1.38 bits per heavy atom. The summed E-state index contributed by atoms with van der Waals surface area (Å²) in [6.45, 7) is 0. The molecule has 1 aliphatic carbocycles. The first-order valence-electron chi connectivity index (χ1n) is 2.75. The number of rotatable bonds is 0. The summed E-state index contributed by atoms with van der Waals surface area (Å²) in [6, 6.07) is 0. The quantitative estimate of drug-likeness (QED) is 0.593. The molecule has 0 atom stereocenters. The molecule has 0 aromatic heterocycles. The Hall–Kier alpha value is -1.46. The van der Waals surface area contributed by atoms with Crippen LogP contribution < -0.4 is 0 Å². The van der Waals surface area contributed by atoms with Crippen LogP contribution in [-0.4, -0.2) is 5.78 Å². The maximum Gasteiger partial charge on any atom is 0 e. The van der Waals surface area contributed by atoms with E-state index in [-0.39, 0.29) is 0 Å². The maximum absolute atomic E-state index is 10.4. The third kappa shape index (κ3) is 1.33. The minimum Gasteiger partial charge on any atom is -0.334 e. The number of carbonyl (C=O) groups excluding carboxylic acids is 1. The number of Topliss-reactive ketones (excluding diaryl/α,β-unsaturated/α-hetero) is 1. The zero-order valence-electron chi connectivity index (χ0n) is 5.02. The van der Waals surface area contributed by atoms with Crippen LogP contribution in [0.25, 0.3) is 0 Å². The van der Waals surface area contributed by atoms with Crippen LogP contribution in [0.3, 0.4) is 0 Å². The molecule has 0 N–H and O–H groups in total. The zero-order chi connectivity index (χ0) is 5.11. The second kappa shape index (κ2) is 2.67. The van der Waals surface area contributed by atoms with Crippen LogP contribution in [-0.2, 0) is 4.79 Å². The molecule has 0 aromatic rings. The fourth-order valence-corrected chi connectivity index (χ4v) is 0.809. The molecule has 0 aliphatic heterocycles. The summed E-state index contributed by atoms with van der Waals surface area (Å²) >= 11 is 0. The van der Waals surface area contributed by atoms with Crippen molar-refractivity contribution in [1.29, 1.82) is 0 Å². The van der Waals surface area contributed by atoms with E-state index in [4.69, 9.17) is 0 Å². The molecular formula is C6H9ORf-. The number of ketones is 1. The van der Waals surface area contributed by atoms with Gasteiger partial charge >= 0.3 is 0 Å². The van der Waals surface area contributed by atoms with Gasteiger partial charge in [0.25, 0.3) is 0 Å². The van der Waals surface area contributed by atoms with E-state index in [0.717, 1.165) is 19.3 Å². The minimum absolute atomic E-state index is 0. The van der Waals surface area contributed by atoms with Gasteiger partial charge in [0.15, 0.2) is 0 Å². The third-order valence-corrected chi connectivity index (χ3v) is 1.25. The predicted molar refractivity (Wildman–Crippen MR) is 27.8 cm³/mol. The summed E-state index contributed by atoms with van der Waals surface area (Å²) in [5.74, 6) is 0.339. The molecule has 2 heteroatoms. The molecule has 1 saturated carbocycles. The van der Waals surface area contributed by atoms with Crippen LogP contribution in [0.1, 0.15) is 25.7 Å². The van der Waals surface area contributed by atoms with E-state index < -0.39 is 0 Å². The molecule has 8 heavy (non-hydrogen) atoms. The van der Waals surface area contributed by atoms with Gasteiger partial charge < -0.3 is 11.2 Å². The van der Waals surface area contributed by atoms with Gasteiger partial charge in [0.2, 0.25) is 0 Å². The molecule has 0 amide bonds. The molecule has 1 rings (SSSR count). The predicted octanol–water partition coefficient (Wildman–Crippen LogP) is 1.33. The molecule has 1 fully saturated rings. The van der Waals surface area contributed by atoms with Crippen LogP contribution in [0, 0.1) is 6.42 Å². The first-order chi connectivity index (χ1) is 3.39. The number of hydrogen-bond acceptors (Lipinski definition) is 1. The third-order valence-electron chi connectivity index (χ3n) is 1.25. The van der Waals surface area contributed by atoms with Gasteiger partial charge in [-0.1, -0.05) is 12.8 Å². The Balaban J connectivity index is 0.000000490. The average Bonchev–Trinajstić information content (AvgIpc) is 1.69. The summed E-state index contributed by atoms with van der Waals surface area (Å²) in [4.78, 5) is 10.4. The average molecular weight is 364 g/mol. The first-order valence-corrected chi connectivity index (χ1v) is 2.75. The molecule has 0 saturated heterocycles. The van der Waals surface area contributed by atoms with Crippen LogP contribution in [0.15, 0.2) is 0 Å². The molecule has 42 valence electrons. The Bertz CT molecular complexity index is 72.6. The summed E-state index contributed by atoms with van der Waals surface area (Å²) in [7, 11) is 0. The first kappa shape index (κ1) is 6.54. The molecule has 0 aromatic carbocycles. The normalized spacial score (nSPS) is 18.8. The SMILES string of the molecule is O=C1[CH-]CCCC1.[Rf]. The summed E-state index contributed by atoms with van der Waals surface area (Å²) in [5.41, 5.74) is 0.